The van der Waals surface area contributed by atoms with Gasteiger partial charge in [-0.25, -0.2) is 0 Å². The Balaban J connectivity index is 5.13. The van der Waals surface area contributed by atoms with Crippen molar-refractivity contribution in [2.45, 2.75) is 40.5 Å². The lowest BCUT2D eigenvalue weighted by molar-refractivity contribution is -0.151. The van der Waals surface area contributed by atoms with E-state index < -0.39 is 5.41 Å². The third kappa shape index (κ3) is 4.02. The van der Waals surface area contributed by atoms with Gasteiger partial charge in [-0.2, -0.15) is 0 Å². The van der Waals surface area contributed by atoms with Crippen molar-refractivity contribution in [1.82, 2.24) is 0 Å². The molecule has 4 heteroatoms. The molecular formula is C13H24O4. The highest BCUT2D eigenvalue weighted by atomic mass is 16.5. The summed E-state index contributed by atoms with van der Waals surface area (Å²) in [5.41, 5.74) is -0.403. The normalized spacial score (nSPS) is 11.8. The SMILES string of the molecule is COC(=O)CC(CC(=O)OC)(C(C)C)C(C)C. The maximum Gasteiger partial charge on any atom is 0.306 e. The Morgan fingerprint density at radius 3 is 1.35 bits per heavy atom. The van der Waals surface area contributed by atoms with Crippen molar-refractivity contribution in [2.24, 2.45) is 17.3 Å². The van der Waals surface area contributed by atoms with Crippen LogP contribution in [0, 0.1) is 17.3 Å². The van der Waals surface area contributed by atoms with Gasteiger partial charge in [0, 0.05) is 0 Å². The fourth-order valence-corrected chi connectivity index (χ4v) is 2.23. The first-order valence-electron chi connectivity index (χ1n) is 5.93. The van der Waals surface area contributed by atoms with Crippen LogP contribution in [-0.2, 0) is 19.1 Å². The van der Waals surface area contributed by atoms with Crippen LogP contribution in [0.4, 0.5) is 0 Å². The lowest BCUT2D eigenvalue weighted by Crippen LogP contribution is -2.38. The van der Waals surface area contributed by atoms with Crippen LogP contribution in [0.15, 0.2) is 0 Å². The van der Waals surface area contributed by atoms with Crippen molar-refractivity contribution in [3.63, 3.8) is 0 Å². The molecule has 0 amide bonds. The minimum Gasteiger partial charge on any atom is -0.469 e. The second kappa shape index (κ2) is 6.62. The average molecular weight is 244 g/mol. The second-order valence-electron chi connectivity index (χ2n) is 5.05. The van der Waals surface area contributed by atoms with E-state index in [-0.39, 0.29) is 36.6 Å². The van der Waals surface area contributed by atoms with Crippen molar-refractivity contribution in [3.05, 3.63) is 0 Å². The summed E-state index contributed by atoms with van der Waals surface area (Å²) in [6, 6.07) is 0. The molecule has 0 aliphatic rings. The zero-order valence-corrected chi connectivity index (χ0v) is 11.7. The summed E-state index contributed by atoms with van der Waals surface area (Å²) in [5.74, 6) is -0.172. The van der Waals surface area contributed by atoms with Crippen LogP contribution in [0.5, 0.6) is 0 Å². The van der Waals surface area contributed by atoms with Gasteiger partial charge in [0.2, 0.25) is 0 Å². The standard InChI is InChI=1S/C13H24O4/c1-9(2)13(10(3)4,7-11(14)16-5)8-12(15)17-6/h9-10H,7-8H2,1-6H3. The first-order valence-corrected chi connectivity index (χ1v) is 5.93. The third-order valence-corrected chi connectivity index (χ3v) is 3.70. The highest BCUT2D eigenvalue weighted by Crippen LogP contribution is 2.43. The highest BCUT2D eigenvalue weighted by Gasteiger charge is 2.41. The lowest BCUT2D eigenvalue weighted by Gasteiger charge is -2.39. The van der Waals surface area contributed by atoms with Crippen molar-refractivity contribution in [2.75, 3.05) is 14.2 Å². The summed E-state index contributed by atoms with van der Waals surface area (Å²) in [6.45, 7) is 8.08. The molecule has 0 saturated carbocycles. The number of esters is 2. The van der Waals surface area contributed by atoms with Crippen molar-refractivity contribution >= 4 is 11.9 Å². The summed E-state index contributed by atoms with van der Waals surface area (Å²) < 4.78 is 9.46. The minimum atomic E-state index is -0.403. The highest BCUT2D eigenvalue weighted by molar-refractivity contribution is 5.74. The molecular weight excluding hydrogens is 220 g/mol. The number of carbonyl (C=O) groups is 2. The maximum atomic E-state index is 11.5. The maximum absolute atomic E-state index is 11.5. The lowest BCUT2D eigenvalue weighted by atomic mass is 9.64. The van der Waals surface area contributed by atoms with Gasteiger partial charge in [0.1, 0.15) is 0 Å². The van der Waals surface area contributed by atoms with Crippen LogP contribution in [0.3, 0.4) is 0 Å². The van der Waals surface area contributed by atoms with E-state index in [1.165, 1.54) is 14.2 Å². The van der Waals surface area contributed by atoms with E-state index in [1.54, 1.807) is 0 Å². The van der Waals surface area contributed by atoms with Gasteiger partial charge >= 0.3 is 11.9 Å². The van der Waals surface area contributed by atoms with Crippen LogP contribution in [-0.4, -0.2) is 26.2 Å². The van der Waals surface area contributed by atoms with Crippen molar-refractivity contribution in [1.29, 1.82) is 0 Å². The topological polar surface area (TPSA) is 52.6 Å². The Morgan fingerprint density at radius 1 is 0.882 bits per heavy atom. The monoisotopic (exact) mass is 244 g/mol. The Hall–Kier alpha value is -1.06. The molecule has 17 heavy (non-hydrogen) atoms. The third-order valence-electron chi connectivity index (χ3n) is 3.70. The van der Waals surface area contributed by atoms with Crippen LogP contribution in [0.2, 0.25) is 0 Å². The van der Waals surface area contributed by atoms with Crippen molar-refractivity contribution < 1.29 is 19.1 Å². The van der Waals surface area contributed by atoms with Gasteiger partial charge < -0.3 is 9.47 Å². The summed E-state index contributed by atoms with van der Waals surface area (Å²) >= 11 is 0. The molecule has 0 N–H and O–H groups in total. The number of methoxy groups -OCH3 is 2. The molecule has 0 aliphatic heterocycles. The summed E-state index contributed by atoms with van der Waals surface area (Å²) in [7, 11) is 2.73. The van der Waals surface area contributed by atoms with Gasteiger partial charge in [-0.1, -0.05) is 27.7 Å². The second-order valence-corrected chi connectivity index (χ2v) is 5.05. The van der Waals surface area contributed by atoms with Gasteiger partial charge in [-0.15, -0.1) is 0 Å². The fourth-order valence-electron chi connectivity index (χ4n) is 2.23. The molecule has 0 rings (SSSR count). The van der Waals surface area contributed by atoms with Gasteiger partial charge in [0.15, 0.2) is 0 Å². The molecule has 0 atom stereocenters. The van der Waals surface area contributed by atoms with Gasteiger partial charge in [0.25, 0.3) is 0 Å². The molecule has 0 aromatic carbocycles. The quantitative estimate of drug-likeness (QED) is 0.673. The Morgan fingerprint density at radius 2 is 1.18 bits per heavy atom. The molecule has 4 nitrogen and oxygen atoms in total. The van der Waals surface area contributed by atoms with Gasteiger partial charge in [0.05, 0.1) is 27.1 Å². The number of carbonyl (C=O) groups excluding carboxylic acids is 2. The zero-order valence-electron chi connectivity index (χ0n) is 11.7. The molecule has 0 fully saturated rings. The molecule has 0 radical (unpaired) electrons. The minimum absolute atomic E-state index is 0.195. The number of hydrogen-bond acceptors (Lipinski definition) is 4. The Kier molecular flexibility index (Phi) is 6.21. The van der Waals surface area contributed by atoms with Crippen LogP contribution in [0.25, 0.3) is 0 Å². The molecule has 0 spiro atoms. The van der Waals surface area contributed by atoms with E-state index in [1.807, 2.05) is 27.7 Å². The van der Waals surface area contributed by atoms with Gasteiger partial charge in [-0.3, -0.25) is 9.59 Å². The number of ether oxygens (including phenoxy) is 2. The van der Waals surface area contributed by atoms with E-state index in [4.69, 9.17) is 9.47 Å². The zero-order chi connectivity index (χ0) is 13.6. The Labute approximate surface area is 104 Å². The predicted molar refractivity (Wildman–Crippen MR) is 65.4 cm³/mol. The molecule has 0 bridgehead atoms. The molecule has 0 heterocycles. The smallest absolute Gasteiger partial charge is 0.306 e. The Bertz CT molecular complexity index is 241. The van der Waals surface area contributed by atoms with E-state index in [0.717, 1.165) is 0 Å². The predicted octanol–water partition coefficient (Wildman–Crippen LogP) is 2.41. The van der Waals surface area contributed by atoms with E-state index >= 15 is 0 Å². The largest absolute Gasteiger partial charge is 0.469 e. The molecule has 0 unspecified atom stereocenters. The fraction of sp³-hybridized carbons (Fsp3) is 0.846. The molecule has 0 aliphatic carbocycles. The summed E-state index contributed by atoms with van der Waals surface area (Å²) in [5, 5.41) is 0. The van der Waals surface area contributed by atoms with E-state index in [2.05, 4.69) is 0 Å². The number of rotatable bonds is 6. The molecule has 0 aromatic heterocycles. The van der Waals surface area contributed by atoms with E-state index in [0.29, 0.717) is 0 Å². The van der Waals surface area contributed by atoms with Gasteiger partial charge in [-0.05, 0) is 17.3 Å². The summed E-state index contributed by atoms with van der Waals surface area (Å²) in [6.07, 6.45) is 0.488. The first-order chi connectivity index (χ1) is 7.80. The number of hydrogen-bond donors (Lipinski definition) is 0. The molecule has 0 aromatic rings. The van der Waals surface area contributed by atoms with E-state index in [9.17, 15) is 9.59 Å². The average Bonchev–Trinajstić information content (AvgIpc) is 2.26. The molecule has 0 saturated heterocycles. The first kappa shape index (κ1) is 15.9. The van der Waals surface area contributed by atoms with Crippen LogP contribution < -0.4 is 0 Å². The summed E-state index contributed by atoms with van der Waals surface area (Å²) in [4.78, 5) is 23.1. The van der Waals surface area contributed by atoms with Crippen LogP contribution >= 0.6 is 0 Å². The van der Waals surface area contributed by atoms with Crippen LogP contribution in [0.1, 0.15) is 40.5 Å². The van der Waals surface area contributed by atoms with Crippen molar-refractivity contribution in [3.8, 4) is 0 Å². The molecule has 100 valence electrons.